The lowest BCUT2D eigenvalue weighted by Gasteiger charge is -2.19. The van der Waals surface area contributed by atoms with E-state index < -0.39 is 23.5 Å². The molecule has 0 saturated carbocycles. The summed E-state index contributed by atoms with van der Waals surface area (Å²) in [5, 5.41) is 20.1. The number of nitrogens with zero attached hydrogens (tertiary/aromatic N) is 1. The number of benzene rings is 2. The molecular weight excluding hydrogens is 425 g/mol. The smallest absolute Gasteiger partial charge is 0.304 e. The molecule has 31 heavy (non-hydrogen) atoms. The molecule has 156 valence electrons. The molecule has 1 aliphatic rings. The minimum Gasteiger partial charge on any atom is -0.508 e. The second-order valence-corrected chi connectivity index (χ2v) is 7.29. The third-order valence-electron chi connectivity index (χ3n) is 4.94. The quantitative estimate of drug-likeness (QED) is 0.554. The first-order chi connectivity index (χ1) is 14.9. The summed E-state index contributed by atoms with van der Waals surface area (Å²) in [6, 6.07) is 10.1. The lowest BCUT2D eigenvalue weighted by molar-refractivity contribution is -0.137. The van der Waals surface area contributed by atoms with E-state index in [0.29, 0.717) is 5.56 Å². The Morgan fingerprint density at radius 1 is 1.23 bits per heavy atom. The molecule has 0 radical (unpaired) electrons. The monoisotopic (exact) mass is 439 g/mol. The van der Waals surface area contributed by atoms with Gasteiger partial charge in [-0.1, -0.05) is 23.7 Å². The van der Waals surface area contributed by atoms with E-state index in [2.05, 4.69) is 4.98 Å². The standard InChI is InChI=1S/C23H15ClFNO5/c24-16-4-1-5-17(25)15(16)9-19-22(30)13-6-7-18(27)21(23(13)31-19)14(10-20(28)29)12-3-2-8-26-11-12/h1-9,11,14,27H,10H2,(H,28,29)/b19-9-/t14-/m0/s1. The fourth-order valence-corrected chi connectivity index (χ4v) is 3.74. The zero-order valence-corrected chi connectivity index (χ0v) is 16.6. The van der Waals surface area contributed by atoms with Crippen molar-refractivity contribution in [3.05, 3.63) is 93.7 Å². The van der Waals surface area contributed by atoms with Gasteiger partial charge in [0.1, 0.15) is 17.3 Å². The maximum absolute atomic E-state index is 14.2. The first kappa shape index (κ1) is 20.6. The van der Waals surface area contributed by atoms with E-state index in [4.69, 9.17) is 16.3 Å². The molecule has 0 unspecified atom stereocenters. The Bertz CT molecular complexity index is 1210. The summed E-state index contributed by atoms with van der Waals surface area (Å²) in [6.07, 6.45) is 3.84. The molecule has 2 heterocycles. The highest BCUT2D eigenvalue weighted by atomic mass is 35.5. The van der Waals surface area contributed by atoms with E-state index in [-0.39, 0.29) is 45.4 Å². The van der Waals surface area contributed by atoms with Crippen LogP contribution in [0.3, 0.4) is 0 Å². The molecular formula is C23H15ClFNO5. The van der Waals surface area contributed by atoms with E-state index in [9.17, 15) is 24.2 Å². The zero-order chi connectivity index (χ0) is 22.1. The van der Waals surface area contributed by atoms with Crippen LogP contribution in [0.5, 0.6) is 11.5 Å². The number of rotatable bonds is 5. The fraction of sp³-hybridized carbons (Fsp3) is 0.0870. The van der Waals surface area contributed by atoms with Gasteiger partial charge >= 0.3 is 5.97 Å². The summed E-state index contributed by atoms with van der Waals surface area (Å²) in [4.78, 5) is 28.5. The Labute approximate surface area is 181 Å². The zero-order valence-electron chi connectivity index (χ0n) is 15.9. The molecule has 4 rings (SSSR count). The molecule has 0 fully saturated rings. The van der Waals surface area contributed by atoms with Crippen LogP contribution in [-0.2, 0) is 4.79 Å². The number of carbonyl (C=O) groups excluding carboxylic acids is 1. The first-order valence-electron chi connectivity index (χ1n) is 9.22. The number of aromatic nitrogens is 1. The molecule has 0 saturated heterocycles. The van der Waals surface area contributed by atoms with Crippen molar-refractivity contribution in [1.29, 1.82) is 0 Å². The van der Waals surface area contributed by atoms with Crippen LogP contribution in [0.4, 0.5) is 4.39 Å². The van der Waals surface area contributed by atoms with Gasteiger partial charge in [-0.05, 0) is 42.0 Å². The maximum Gasteiger partial charge on any atom is 0.304 e. The number of carboxylic acid groups (broad SMARTS) is 1. The van der Waals surface area contributed by atoms with Crippen LogP contribution in [0, 0.1) is 5.82 Å². The number of hydrogen-bond donors (Lipinski definition) is 2. The van der Waals surface area contributed by atoms with Crippen molar-refractivity contribution in [2.24, 2.45) is 0 Å². The van der Waals surface area contributed by atoms with E-state index in [1.807, 2.05) is 0 Å². The van der Waals surface area contributed by atoms with Gasteiger partial charge in [0.15, 0.2) is 5.76 Å². The molecule has 0 bridgehead atoms. The largest absolute Gasteiger partial charge is 0.508 e. The molecule has 8 heteroatoms. The summed E-state index contributed by atoms with van der Waals surface area (Å²) >= 11 is 6.05. The number of fused-ring (bicyclic) bond motifs is 1. The Kier molecular flexibility index (Phi) is 5.44. The van der Waals surface area contributed by atoms with E-state index in [1.54, 1.807) is 12.1 Å². The number of phenols is 1. The predicted octanol–water partition coefficient (Wildman–Crippen LogP) is 4.80. The van der Waals surface area contributed by atoms with Crippen LogP contribution < -0.4 is 4.74 Å². The number of allylic oxidation sites excluding steroid dienone is 1. The van der Waals surface area contributed by atoms with Crippen molar-refractivity contribution in [3.63, 3.8) is 0 Å². The van der Waals surface area contributed by atoms with Crippen molar-refractivity contribution in [2.45, 2.75) is 12.3 Å². The number of halogens is 2. The second-order valence-electron chi connectivity index (χ2n) is 6.89. The molecule has 0 amide bonds. The molecule has 0 spiro atoms. The average molecular weight is 440 g/mol. The molecule has 6 nitrogen and oxygen atoms in total. The lowest BCUT2D eigenvalue weighted by atomic mass is 9.87. The number of Topliss-reactive ketones (excluding diaryl/α,β-unsaturated/α-hetero) is 1. The number of aromatic hydroxyl groups is 1. The van der Waals surface area contributed by atoms with E-state index >= 15 is 0 Å². The number of carboxylic acids is 1. The third-order valence-corrected chi connectivity index (χ3v) is 5.27. The Morgan fingerprint density at radius 2 is 2.03 bits per heavy atom. The minimum absolute atomic E-state index is 0.0135. The number of carbonyl (C=O) groups is 2. The number of ketones is 1. The Balaban J connectivity index is 1.85. The van der Waals surface area contributed by atoms with Crippen LogP contribution in [0.1, 0.15) is 39.4 Å². The highest BCUT2D eigenvalue weighted by Gasteiger charge is 2.35. The van der Waals surface area contributed by atoms with Crippen molar-refractivity contribution < 1.29 is 28.9 Å². The predicted molar refractivity (Wildman–Crippen MR) is 111 cm³/mol. The Hall–Kier alpha value is -3.71. The number of phenolic OH excluding ortho intramolecular Hbond substituents is 1. The number of aliphatic carboxylic acids is 1. The fourth-order valence-electron chi connectivity index (χ4n) is 3.52. The van der Waals surface area contributed by atoms with Crippen LogP contribution >= 0.6 is 11.6 Å². The SMILES string of the molecule is O=C(O)C[C@@H](c1cccnc1)c1c(O)ccc2c1O/C(=C\c1c(F)cccc1Cl)C2=O. The minimum atomic E-state index is -1.11. The van der Waals surface area contributed by atoms with E-state index in [1.165, 1.54) is 48.8 Å². The summed E-state index contributed by atoms with van der Waals surface area (Å²) < 4.78 is 19.9. The van der Waals surface area contributed by atoms with Gasteiger partial charge in [-0.15, -0.1) is 0 Å². The van der Waals surface area contributed by atoms with Gasteiger partial charge in [-0.25, -0.2) is 4.39 Å². The maximum atomic E-state index is 14.2. The number of ether oxygens (including phenoxy) is 1. The van der Waals surface area contributed by atoms with Crippen molar-refractivity contribution in [2.75, 3.05) is 0 Å². The third kappa shape index (κ3) is 3.87. The topological polar surface area (TPSA) is 96.7 Å². The van der Waals surface area contributed by atoms with Gasteiger partial charge in [0.25, 0.3) is 0 Å². The van der Waals surface area contributed by atoms with Gasteiger partial charge in [0.05, 0.1) is 17.0 Å². The van der Waals surface area contributed by atoms with Crippen molar-refractivity contribution >= 4 is 29.4 Å². The summed E-state index contributed by atoms with van der Waals surface area (Å²) in [6.45, 7) is 0. The molecule has 0 aliphatic carbocycles. The van der Waals surface area contributed by atoms with Crippen molar-refractivity contribution in [1.82, 2.24) is 4.98 Å². The lowest BCUT2D eigenvalue weighted by Crippen LogP contribution is -2.10. The van der Waals surface area contributed by atoms with Gasteiger partial charge in [0, 0.05) is 29.4 Å². The Morgan fingerprint density at radius 3 is 2.71 bits per heavy atom. The van der Waals surface area contributed by atoms with Gasteiger partial charge in [-0.2, -0.15) is 0 Å². The van der Waals surface area contributed by atoms with Crippen LogP contribution in [0.25, 0.3) is 6.08 Å². The van der Waals surface area contributed by atoms with Gasteiger partial charge in [0.2, 0.25) is 5.78 Å². The average Bonchev–Trinajstić information content (AvgIpc) is 3.05. The molecule has 2 N–H and O–H groups in total. The van der Waals surface area contributed by atoms with Crippen molar-refractivity contribution in [3.8, 4) is 11.5 Å². The van der Waals surface area contributed by atoms with Crippen LogP contribution in [-0.4, -0.2) is 26.9 Å². The van der Waals surface area contributed by atoms with Crippen LogP contribution in [0.15, 0.2) is 60.6 Å². The summed E-state index contributed by atoms with van der Waals surface area (Å²) in [5.41, 5.74) is 0.787. The molecule has 1 aromatic heterocycles. The molecule has 1 aliphatic heterocycles. The summed E-state index contributed by atoms with van der Waals surface area (Å²) in [7, 11) is 0. The molecule has 1 atom stereocenters. The molecule has 3 aromatic rings. The van der Waals surface area contributed by atoms with Gasteiger partial charge in [-0.3, -0.25) is 14.6 Å². The number of pyridine rings is 1. The molecule has 2 aromatic carbocycles. The normalized spacial score (nSPS) is 14.9. The second kappa shape index (κ2) is 8.20. The highest BCUT2D eigenvalue weighted by Crippen LogP contribution is 2.46. The highest BCUT2D eigenvalue weighted by molar-refractivity contribution is 6.32. The van der Waals surface area contributed by atoms with Crippen LogP contribution in [0.2, 0.25) is 5.02 Å². The first-order valence-corrected chi connectivity index (χ1v) is 9.60. The van der Waals surface area contributed by atoms with E-state index in [0.717, 1.165) is 0 Å². The van der Waals surface area contributed by atoms with Gasteiger partial charge < -0.3 is 14.9 Å². The summed E-state index contributed by atoms with van der Waals surface area (Å²) in [5.74, 6) is -3.49. The number of hydrogen-bond acceptors (Lipinski definition) is 5.